The Labute approximate surface area is 130 Å². The summed E-state index contributed by atoms with van der Waals surface area (Å²) in [5, 5.41) is 2.94. The van der Waals surface area contributed by atoms with Gasteiger partial charge in [0.15, 0.2) is 0 Å². The summed E-state index contributed by atoms with van der Waals surface area (Å²) in [6.07, 6.45) is 5.44. The molecule has 0 saturated heterocycles. The van der Waals surface area contributed by atoms with E-state index >= 15 is 0 Å². The van der Waals surface area contributed by atoms with Gasteiger partial charge in [-0.25, -0.2) is 0 Å². The second kappa shape index (κ2) is 7.14. The number of benzene rings is 2. The van der Waals surface area contributed by atoms with E-state index in [1.807, 2.05) is 68.6 Å². The van der Waals surface area contributed by atoms with Gasteiger partial charge >= 0.3 is 0 Å². The van der Waals surface area contributed by atoms with E-state index in [0.29, 0.717) is 0 Å². The van der Waals surface area contributed by atoms with Gasteiger partial charge in [-0.15, -0.1) is 11.8 Å². The zero-order chi connectivity index (χ0) is 15.2. The van der Waals surface area contributed by atoms with Crippen LogP contribution in [0.4, 0.5) is 5.69 Å². The normalized spacial score (nSPS) is 10.8. The van der Waals surface area contributed by atoms with Gasteiger partial charge in [0.25, 0.3) is 0 Å². The topological polar surface area (TPSA) is 29.1 Å². The summed E-state index contributed by atoms with van der Waals surface area (Å²) in [7, 11) is 0. The van der Waals surface area contributed by atoms with Crippen molar-refractivity contribution in [3.05, 3.63) is 65.2 Å². The largest absolute Gasteiger partial charge is 0.322 e. The molecule has 0 aliphatic heterocycles. The molecule has 2 nitrogen and oxygen atoms in total. The van der Waals surface area contributed by atoms with Crippen LogP contribution < -0.4 is 5.32 Å². The molecule has 1 N–H and O–H groups in total. The second-order valence-electron chi connectivity index (χ2n) is 4.86. The van der Waals surface area contributed by atoms with Gasteiger partial charge in [0.1, 0.15) is 0 Å². The van der Waals surface area contributed by atoms with Gasteiger partial charge in [-0.2, -0.15) is 0 Å². The second-order valence-corrected chi connectivity index (χ2v) is 5.74. The van der Waals surface area contributed by atoms with Crippen LogP contribution in [0.2, 0.25) is 0 Å². The molecule has 0 bridgehead atoms. The highest BCUT2D eigenvalue weighted by atomic mass is 32.2. The Morgan fingerprint density at radius 1 is 1.05 bits per heavy atom. The molecule has 1 amide bonds. The highest BCUT2D eigenvalue weighted by Gasteiger charge is 2.04. The van der Waals surface area contributed by atoms with Crippen molar-refractivity contribution < 1.29 is 4.79 Å². The van der Waals surface area contributed by atoms with Gasteiger partial charge in [-0.1, -0.05) is 30.3 Å². The lowest BCUT2D eigenvalue weighted by atomic mass is 10.1. The maximum absolute atomic E-state index is 12.0. The van der Waals surface area contributed by atoms with Crippen LogP contribution in [-0.2, 0) is 4.79 Å². The molecule has 0 spiro atoms. The predicted octanol–water partition coefficient (Wildman–Crippen LogP) is 4.68. The maximum Gasteiger partial charge on any atom is 0.248 e. The van der Waals surface area contributed by atoms with E-state index in [-0.39, 0.29) is 5.91 Å². The third kappa shape index (κ3) is 4.23. The Hall–Kier alpha value is -2.00. The Balaban J connectivity index is 2.05. The molecular formula is C18H19NOS. The van der Waals surface area contributed by atoms with Gasteiger partial charge in [-0.3, -0.25) is 4.79 Å². The van der Waals surface area contributed by atoms with E-state index in [4.69, 9.17) is 0 Å². The molecule has 0 aliphatic carbocycles. The number of thioether (sulfide) groups is 1. The number of para-hydroxylation sites is 1. The fourth-order valence-corrected chi connectivity index (χ4v) is 2.47. The van der Waals surface area contributed by atoms with Crippen molar-refractivity contribution >= 4 is 29.4 Å². The fourth-order valence-electron chi connectivity index (χ4n) is 2.06. The summed E-state index contributed by atoms with van der Waals surface area (Å²) in [4.78, 5) is 13.2. The third-order valence-corrected chi connectivity index (χ3v) is 4.02. The standard InChI is InChI=1S/C18H19NOS/c1-13-5-4-6-14(2)18(13)19-17(20)12-9-15-7-10-16(21-3)11-8-15/h4-12H,1-3H3,(H,19,20)/b12-9+. The summed E-state index contributed by atoms with van der Waals surface area (Å²) in [5.74, 6) is -0.110. The molecule has 21 heavy (non-hydrogen) atoms. The first-order valence-electron chi connectivity index (χ1n) is 6.79. The molecule has 108 valence electrons. The minimum absolute atomic E-state index is 0.110. The summed E-state index contributed by atoms with van der Waals surface area (Å²) < 4.78 is 0. The summed E-state index contributed by atoms with van der Waals surface area (Å²) in [5.41, 5.74) is 4.05. The fraction of sp³-hybridized carbons (Fsp3) is 0.167. The molecule has 0 heterocycles. The summed E-state index contributed by atoms with van der Waals surface area (Å²) >= 11 is 1.70. The van der Waals surface area contributed by atoms with Crippen molar-refractivity contribution in [2.75, 3.05) is 11.6 Å². The number of amides is 1. The van der Waals surface area contributed by atoms with Gasteiger partial charge in [0.05, 0.1) is 0 Å². The quantitative estimate of drug-likeness (QED) is 0.656. The first kappa shape index (κ1) is 15.4. The Kier molecular flexibility index (Phi) is 5.23. The highest BCUT2D eigenvalue weighted by molar-refractivity contribution is 7.98. The van der Waals surface area contributed by atoms with E-state index in [1.54, 1.807) is 17.8 Å². The average molecular weight is 297 g/mol. The number of carbonyl (C=O) groups is 1. The zero-order valence-electron chi connectivity index (χ0n) is 12.5. The summed E-state index contributed by atoms with van der Waals surface area (Å²) in [6, 6.07) is 14.1. The number of hydrogen-bond acceptors (Lipinski definition) is 2. The number of rotatable bonds is 4. The predicted molar refractivity (Wildman–Crippen MR) is 91.8 cm³/mol. The molecule has 0 aliphatic rings. The Bertz CT molecular complexity index is 639. The van der Waals surface area contributed by atoms with E-state index in [1.165, 1.54) is 4.90 Å². The van der Waals surface area contributed by atoms with Gasteiger partial charge in [0, 0.05) is 16.7 Å². The van der Waals surface area contributed by atoms with Crippen LogP contribution in [0.15, 0.2) is 53.4 Å². The average Bonchev–Trinajstić information content (AvgIpc) is 2.49. The molecule has 2 rings (SSSR count). The number of aryl methyl sites for hydroxylation is 2. The molecule has 2 aromatic rings. The van der Waals surface area contributed by atoms with Crippen molar-refractivity contribution in [3.8, 4) is 0 Å². The van der Waals surface area contributed by atoms with Crippen LogP contribution in [0.25, 0.3) is 6.08 Å². The van der Waals surface area contributed by atoms with Gasteiger partial charge in [0.2, 0.25) is 5.91 Å². The molecule has 0 aromatic heterocycles. The molecule has 2 aromatic carbocycles. The van der Waals surface area contributed by atoms with Crippen LogP contribution in [0.5, 0.6) is 0 Å². The minimum Gasteiger partial charge on any atom is -0.322 e. The van der Waals surface area contributed by atoms with Crippen molar-refractivity contribution in [3.63, 3.8) is 0 Å². The van der Waals surface area contributed by atoms with Crippen LogP contribution >= 0.6 is 11.8 Å². The van der Waals surface area contributed by atoms with Crippen molar-refractivity contribution in [1.82, 2.24) is 0 Å². The number of hydrogen-bond donors (Lipinski definition) is 1. The molecule has 3 heteroatoms. The van der Waals surface area contributed by atoms with E-state index < -0.39 is 0 Å². The van der Waals surface area contributed by atoms with E-state index in [0.717, 1.165) is 22.4 Å². The molecule has 0 unspecified atom stereocenters. The molecular weight excluding hydrogens is 278 g/mol. The molecule has 0 fully saturated rings. The van der Waals surface area contributed by atoms with E-state index in [9.17, 15) is 4.79 Å². The number of anilines is 1. The van der Waals surface area contributed by atoms with Crippen LogP contribution in [-0.4, -0.2) is 12.2 Å². The van der Waals surface area contributed by atoms with Crippen LogP contribution in [0.3, 0.4) is 0 Å². The van der Waals surface area contributed by atoms with Crippen molar-refractivity contribution in [1.29, 1.82) is 0 Å². The first-order chi connectivity index (χ1) is 10.1. The first-order valence-corrected chi connectivity index (χ1v) is 8.02. The van der Waals surface area contributed by atoms with Crippen LogP contribution in [0, 0.1) is 13.8 Å². The third-order valence-electron chi connectivity index (χ3n) is 3.27. The molecule has 0 saturated carbocycles. The van der Waals surface area contributed by atoms with E-state index in [2.05, 4.69) is 5.32 Å². The maximum atomic E-state index is 12.0. The number of carbonyl (C=O) groups excluding carboxylic acids is 1. The zero-order valence-corrected chi connectivity index (χ0v) is 13.3. The smallest absolute Gasteiger partial charge is 0.248 e. The SMILES string of the molecule is CSc1ccc(/C=C/C(=O)Nc2c(C)cccc2C)cc1. The lowest BCUT2D eigenvalue weighted by molar-refractivity contribution is -0.111. The lowest BCUT2D eigenvalue weighted by Gasteiger charge is -2.09. The molecule has 0 radical (unpaired) electrons. The minimum atomic E-state index is -0.110. The van der Waals surface area contributed by atoms with Gasteiger partial charge in [-0.05, 0) is 55.0 Å². The molecule has 0 atom stereocenters. The van der Waals surface area contributed by atoms with Crippen molar-refractivity contribution in [2.45, 2.75) is 18.7 Å². The number of nitrogens with one attached hydrogen (secondary N) is 1. The Morgan fingerprint density at radius 2 is 1.67 bits per heavy atom. The summed E-state index contributed by atoms with van der Waals surface area (Å²) in [6.45, 7) is 3.99. The Morgan fingerprint density at radius 3 is 2.24 bits per heavy atom. The van der Waals surface area contributed by atoms with Gasteiger partial charge < -0.3 is 5.32 Å². The van der Waals surface area contributed by atoms with Crippen molar-refractivity contribution in [2.24, 2.45) is 0 Å². The lowest BCUT2D eigenvalue weighted by Crippen LogP contribution is -2.10. The monoisotopic (exact) mass is 297 g/mol. The van der Waals surface area contributed by atoms with Crippen LogP contribution in [0.1, 0.15) is 16.7 Å². The highest BCUT2D eigenvalue weighted by Crippen LogP contribution is 2.19.